The van der Waals surface area contributed by atoms with E-state index in [1.807, 2.05) is 0 Å². The van der Waals surface area contributed by atoms with Crippen molar-refractivity contribution in [3.05, 3.63) is 12.2 Å². The molecule has 15 heteroatoms. The van der Waals surface area contributed by atoms with Crippen molar-refractivity contribution in [1.82, 2.24) is 0 Å². The van der Waals surface area contributed by atoms with Gasteiger partial charge in [-0.15, -0.1) is 0 Å². The second kappa shape index (κ2) is 42.6. The highest BCUT2D eigenvalue weighted by Gasteiger charge is 2.47. The fourth-order valence-electron chi connectivity index (χ4n) is 9.10. The molecule has 412 valence electrons. The zero-order chi connectivity index (χ0) is 51.0. The largest absolute Gasteiger partial charge is 0.462 e. The molecule has 2 rings (SSSR count). The van der Waals surface area contributed by atoms with Crippen LogP contribution < -0.4 is 0 Å². The van der Waals surface area contributed by atoms with Gasteiger partial charge in [0.1, 0.15) is 55.4 Å². The van der Waals surface area contributed by atoms with Gasteiger partial charge in [0.2, 0.25) is 0 Å². The summed E-state index contributed by atoms with van der Waals surface area (Å²) in [5, 5.41) is 72.2. The molecule has 0 aromatic rings. The molecule has 0 amide bonds. The molecule has 11 atom stereocenters. The van der Waals surface area contributed by atoms with E-state index in [0.717, 1.165) is 57.8 Å². The van der Waals surface area contributed by atoms with Crippen LogP contribution in [0, 0.1) is 0 Å². The zero-order valence-electron chi connectivity index (χ0n) is 43.8. The van der Waals surface area contributed by atoms with E-state index in [2.05, 4.69) is 26.0 Å². The van der Waals surface area contributed by atoms with Crippen LogP contribution in [0.25, 0.3) is 0 Å². The highest BCUT2D eigenvalue weighted by molar-refractivity contribution is 5.70. The number of aliphatic hydroxyl groups excluding tert-OH is 7. The van der Waals surface area contributed by atoms with Crippen molar-refractivity contribution >= 4 is 11.9 Å². The Labute approximate surface area is 422 Å². The molecule has 2 heterocycles. The second-order valence-corrected chi connectivity index (χ2v) is 20.1. The number of esters is 2. The molecule has 0 radical (unpaired) electrons. The van der Waals surface area contributed by atoms with Crippen molar-refractivity contribution in [2.45, 2.75) is 300 Å². The Hall–Kier alpha value is -1.76. The first-order valence-corrected chi connectivity index (χ1v) is 28.3. The third-order valence-corrected chi connectivity index (χ3v) is 13.7. The topological polar surface area (TPSA) is 231 Å². The fraction of sp³-hybridized carbons (Fsp3) is 0.927. The van der Waals surface area contributed by atoms with Crippen LogP contribution in [0.4, 0.5) is 0 Å². The Balaban J connectivity index is 1.76. The molecule has 2 aliphatic rings. The number of rotatable bonds is 45. The summed E-state index contributed by atoms with van der Waals surface area (Å²) in [6.07, 6.45) is 26.6. The average Bonchev–Trinajstić information content (AvgIpc) is 3.35. The van der Waals surface area contributed by atoms with Crippen molar-refractivity contribution in [3.63, 3.8) is 0 Å². The number of ether oxygens (including phenoxy) is 6. The van der Waals surface area contributed by atoms with E-state index < -0.39 is 92.7 Å². The minimum atomic E-state index is -1.76. The maximum Gasteiger partial charge on any atom is 0.306 e. The summed E-state index contributed by atoms with van der Waals surface area (Å²) < 4.78 is 33.7. The lowest BCUT2D eigenvalue weighted by Crippen LogP contribution is -2.61. The number of aliphatic hydroxyl groups is 7. The summed E-state index contributed by atoms with van der Waals surface area (Å²) in [6.45, 7) is 2.62. The van der Waals surface area contributed by atoms with Gasteiger partial charge in [-0.25, -0.2) is 0 Å². The maximum atomic E-state index is 13.0. The first kappa shape index (κ1) is 64.4. The highest BCUT2D eigenvalue weighted by atomic mass is 16.7. The summed E-state index contributed by atoms with van der Waals surface area (Å²) in [5.74, 6) is -0.921. The highest BCUT2D eigenvalue weighted by Crippen LogP contribution is 2.27. The Morgan fingerprint density at radius 3 is 1.26 bits per heavy atom. The van der Waals surface area contributed by atoms with E-state index in [9.17, 15) is 45.3 Å². The lowest BCUT2D eigenvalue weighted by Gasteiger charge is -2.42. The van der Waals surface area contributed by atoms with Crippen LogP contribution in [-0.2, 0) is 38.0 Å². The molecule has 0 aliphatic carbocycles. The molecule has 0 saturated carbocycles. The quantitative estimate of drug-likeness (QED) is 0.0172. The zero-order valence-corrected chi connectivity index (χ0v) is 43.8. The van der Waals surface area contributed by atoms with Crippen LogP contribution in [0.5, 0.6) is 0 Å². The van der Waals surface area contributed by atoms with Gasteiger partial charge in [-0.05, 0) is 38.5 Å². The van der Waals surface area contributed by atoms with Crippen LogP contribution >= 0.6 is 0 Å². The molecule has 2 aliphatic heterocycles. The van der Waals surface area contributed by atoms with Crippen molar-refractivity contribution in [1.29, 1.82) is 0 Å². The summed E-state index contributed by atoms with van der Waals surface area (Å²) in [7, 11) is 0. The Morgan fingerprint density at radius 2 is 0.814 bits per heavy atom. The molecule has 70 heavy (non-hydrogen) atoms. The molecular formula is C55H102O15. The summed E-state index contributed by atoms with van der Waals surface area (Å²) in [5.41, 5.74) is 0. The van der Waals surface area contributed by atoms with Crippen molar-refractivity contribution in [2.75, 3.05) is 26.4 Å². The van der Waals surface area contributed by atoms with E-state index >= 15 is 0 Å². The summed E-state index contributed by atoms with van der Waals surface area (Å²) in [6, 6.07) is 0. The number of hydrogen-bond donors (Lipinski definition) is 7. The van der Waals surface area contributed by atoms with Gasteiger partial charge in [0.05, 0.1) is 19.8 Å². The van der Waals surface area contributed by atoms with Crippen molar-refractivity contribution < 1.29 is 73.8 Å². The molecule has 7 N–H and O–H groups in total. The van der Waals surface area contributed by atoms with E-state index in [-0.39, 0.29) is 26.1 Å². The average molecular weight is 1000 g/mol. The van der Waals surface area contributed by atoms with Crippen LogP contribution in [0.15, 0.2) is 12.2 Å². The standard InChI is InChI=1S/C55H102O15/c1-3-5-7-9-11-13-15-17-19-20-21-22-24-26-28-30-32-34-36-38-47(58)68-43(40-65-46(57)37-35-33-31-29-27-25-23-18-16-14-12-10-8-6-4-2)41-66-54-53(64)51(62)49(60)45(70-54)42-67-55-52(63)50(61)48(59)44(39-56)69-55/h18,23,43-45,48-56,59-64H,3-17,19-22,24-42H2,1-2H3/b23-18+/t43-,44+,45+,48-,49-,50?,51?,52?,53?,54+,55+/m1/s1. The summed E-state index contributed by atoms with van der Waals surface area (Å²) in [4.78, 5) is 25.8. The minimum Gasteiger partial charge on any atom is -0.462 e. The fourth-order valence-corrected chi connectivity index (χ4v) is 9.10. The first-order valence-electron chi connectivity index (χ1n) is 28.3. The number of allylic oxidation sites excluding steroid dienone is 2. The normalized spacial score (nSPS) is 25.4. The maximum absolute atomic E-state index is 13.0. The Kier molecular flexibility index (Phi) is 39.1. The van der Waals surface area contributed by atoms with Crippen LogP contribution in [0.2, 0.25) is 0 Å². The summed E-state index contributed by atoms with van der Waals surface area (Å²) >= 11 is 0. The molecule has 2 saturated heterocycles. The van der Waals surface area contributed by atoms with E-state index in [1.54, 1.807) is 0 Å². The van der Waals surface area contributed by atoms with Crippen LogP contribution in [0.1, 0.15) is 232 Å². The number of hydrogen-bond acceptors (Lipinski definition) is 15. The smallest absolute Gasteiger partial charge is 0.306 e. The molecule has 0 aromatic carbocycles. The van der Waals surface area contributed by atoms with Gasteiger partial charge < -0.3 is 64.2 Å². The lowest BCUT2D eigenvalue weighted by molar-refractivity contribution is -0.332. The van der Waals surface area contributed by atoms with Gasteiger partial charge in [0, 0.05) is 12.8 Å². The molecule has 2 fully saturated rings. The van der Waals surface area contributed by atoms with Crippen molar-refractivity contribution in [3.8, 4) is 0 Å². The van der Waals surface area contributed by atoms with Gasteiger partial charge in [-0.2, -0.15) is 0 Å². The van der Waals surface area contributed by atoms with Crippen molar-refractivity contribution in [2.24, 2.45) is 0 Å². The van der Waals surface area contributed by atoms with Crippen LogP contribution in [-0.4, -0.2) is 142 Å². The third kappa shape index (κ3) is 29.8. The molecule has 4 unspecified atom stereocenters. The van der Waals surface area contributed by atoms with E-state index in [1.165, 1.54) is 135 Å². The van der Waals surface area contributed by atoms with Crippen LogP contribution in [0.3, 0.4) is 0 Å². The first-order chi connectivity index (χ1) is 34.0. The van der Waals surface area contributed by atoms with Gasteiger partial charge in [0.15, 0.2) is 18.7 Å². The molecular weight excluding hydrogens is 901 g/mol. The Bertz CT molecular complexity index is 1270. The predicted octanol–water partition coefficient (Wildman–Crippen LogP) is 8.94. The molecule has 15 nitrogen and oxygen atoms in total. The Morgan fingerprint density at radius 1 is 0.443 bits per heavy atom. The minimum absolute atomic E-state index is 0.170. The number of carbonyl (C=O) groups is 2. The second-order valence-electron chi connectivity index (χ2n) is 20.1. The predicted molar refractivity (Wildman–Crippen MR) is 271 cm³/mol. The lowest BCUT2D eigenvalue weighted by atomic mass is 9.98. The molecule has 0 spiro atoms. The number of unbranched alkanes of at least 4 members (excludes halogenated alkanes) is 29. The van der Waals surface area contributed by atoms with E-state index in [4.69, 9.17) is 28.4 Å². The monoisotopic (exact) mass is 1000 g/mol. The third-order valence-electron chi connectivity index (χ3n) is 13.7. The van der Waals surface area contributed by atoms with Gasteiger partial charge >= 0.3 is 11.9 Å². The van der Waals surface area contributed by atoms with Gasteiger partial charge in [-0.1, -0.05) is 193 Å². The van der Waals surface area contributed by atoms with Gasteiger partial charge in [0.25, 0.3) is 0 Å². The number of carbonyl (C=O) groups excluding carboxylic acids is 2. The SMILES string of the molecule is CCCCCCCC/C=C/CCCCCCCC(=O)OC[C@H](CO[C@H]1O[C@@H](CO[C@H]2O[C@@H](CO)[C@@H](O)C(O)C2O)[C@@H](O)C(O)C1O)OC(=O)CCCCCCCCCCCCCCCCCCCCC. The molecule has 0 bridgehead atoms. The van der Waals surface area contributed by atoms with E-state index in [0.29, 0.717) is 12.8 Å². The molecule has 0 aromatic heterocycles. The van der Waals surface area contributed by atoms with Gasteiger partial charge in [-0.3, -0.25) is 9.59 Å².